The van der Waals surface area contributed by atoms with Gasteiger partial charge in [-0.3, -0.25) is 4.90 Å². The fraction of sp³-hybridized carbons (Fsp3) is 0.667. The zero-order valence-electron chi connectivity index (χ0n) is 6.62. The lowest BCUT2D eigenvalue weighted by molar-refractivity contribution is -0.111. The molecule has 60 valence electrons. The van der Waals surface area contributed by atoms with Crippen LogP contribution in [0.25, 0.3) is 0 Å². The quantitative estimate of drug-likeness (QED) is 0.436. The number of carbonyl (C=O) groups is 1. The fourth-order valence-corrected chi connectivity index (χ4v) is 1.46. The fourth-order valence-electron chi connectivity index (χ4n) is 1.46. The number of hydrogen-bond donors (Lipinski definition) is 0. The molecule has 0 N–H and O–H groups in total. The summed E-state index contributed by atoms with van der Waals surface area (Å²) in [7, 11) is 0. The molecule has 0 aromatic heterocycles. The summed E-state index contributed by atoms with van der Waals surface area (Å²) < 4.78 is 0. The molecular weight excluding hydrogens is 138 g/mol. The third-order valence-electron chi connectivity index (χ3n) is 2.09. The second kappa shape index (κ2) is 4.15. The topological polar surface area (TPSA) is 20.3 Å². The van der Waals surface area contributed by atoms with Crippen LogP contribution in [-0.4, -0.2) is 30.3 Å². The van der Waals surface area contributed by atoms with Crippen molar-refractivity contribution in [1.29, 1.82) is 0 Å². The highest BCUT2D eigenvalue weighted by molar-refractivity contribution is 5.58. The SMILES string of the molecule is C#CCC(C=O)N1CCCC1. The second-order valence-electron chi connectivity index (χ2n) is 2.85. The van der Waals surface area contributed by atoms with Gasteiger partial charge < -0.3 is 4.79 Å². The highest BCUT2D eigenvalue weighted by Crippen LogP contribution is 2.11. The minimum Gasteiger partial charge on any atom is -0.302 e. The molecular formula is C9H13NO. The molecule has 0 aromatic carbocycles. The van der Waals surface area contributed by atoms with Crippen LogP contribution in [-0.2, 0) is 4.79 Å². The molecule has 1 aliphatic rings. The van der Waals surface area contributed by atoms with Crippen molar-refractivity contribution in [2.45, 2.75) is 25.3 Å². The average Bonchev–Trinajstić information content (AvgIpc) is 2.52. The third kappa shape index (κ3) is 2.06. The first kappa shape index (κ1) is 8.29. The zero-order valence-corrected chi connectivity index (χ0v) is 6.62. The van der Waals surface area contributed by atoms with Gasteiger partial charge in [-0.05, 0) is 25.9 Å². The summed E-state index contributed by atoms with van der Waals surface area (Å²) in [6, 6.07) is -0.0255. The van der Waals surface area contributed by atoms with Crippen LogP contribution in [0.2, 0.25) is 0 Å². The number of terminal acetylenes is 1. The smallest absolute Gasteiger partial charge is 0.138 e. The Hall–Kier alpha value is -0.810. The maximum Gasteiger partial charge on any atom is 0.138 e. The van der Waals surface area contributed by atoms with E-state index in [2.05, 4.69) is 10.8 Å². The van der Waals surface area contributed by atoms with Crippen molar-refractivity contribution in [1.82, 2.24) is 4.90 Å². The molecule has 1 saturated heterocycles. The Balaban J connectivity index is 2.41. The van der Waals surface area contributed by atoms with Crippen LogP contribution in [0, 0.1) is 12.3 Å². The largest absolute Gasteiger partial charge is 0.302 e. The Labute approximate surface area is 67.6 Å². The number of aldehydes is 1. The van der Waals surface area contributed by atoms with Gasteiger partial charge in [-0.15, -0.1) is 12.3 Å². The lowest BCUT2D eigenvalue weighted by atomic mass is 10.2. The Morgan fingerprint density at radius 3 is 2.64 bits per heavy atom. The van der Waals surface area contributed by atoms with Gasteiger partial charge in [0.05, 0.1) is 6.04 Å². The summed E-state index contributed by atoms with van der Waals surface area (Å²) in [5.74, 6) is 2.52. The van der Waals surface area contributed by atoms with Crippen LogP contribution in [0.5, 0.6) is 0 Å². The van der Waals surface area contributed by atoms with Gasteiger partial charge in [0, 0.05) is 6.42 Å². The lowest BCUT2D eigenvalue weighted by Gasteiger charge is -2.19. The summed E-state index contributed by atoms with van der Waals surface area (Å²) in [6.07, 6.45) is 9.07. The maximum atomic E-state index is 10.5. The molecule has 0 bridgehead atoms. The zero-order chi connectivity index (χ0) is 8.10. The highest BCUT2D eigenvalue weighted by Gasteiger charge is 2.19. The summed E-state index contributed by atoms with van der Waals surface area (Å²) in [5.41, 5.74) is 0. The van der Waals surface area contributed by atoms with Crippen molar-refractivity contribution in [3.05, 3.63) is 0 Å². The molecule has 1 aliphatic heterocycles. The molecule has 1 unspecified atom stereocenters. The molecule has 1 rings (SSSR count). The van der Waals surface area contributed by atoms with Crippen LogP contribution < -0.4 is 0 Å². The van der Waals surface area contributed by atoms with Gasteiger partial charge in [-0.2, -0.15) is 0 Å². The van der Waals surface area contributed by atoms with Crippen LogP contribution in [0.15, 0.2) is 0 Å². The van der Waals surface area contributed by atoms with Crippen molar-refractivity contribution < 1.29 is 4.79 Å². The number of nitrogens with zero attached hydrogens (tertiary/aromatic N) is 1. The van der Waals surface area contributed by atoms with Gasteiger partial charge in [-0.1, -0.05) is 0 Å². The van der Waals surface area contributed by atoms with Gasteiger partial charge in [0.15, 0.2) is 0 Å². The molecule has 0 radical (unpaired) electrons. The molecule has 1 atom stereocenters. The summed E-state index contributed by atoms with van der Waals surface area (Å²) in [5, 5.41) is 0. The summed E-state index contributed by atoms with van der Waals surface area (Å²) in [4.78, 5) is 12.7. The summed E-state index contributed by atoms with van der Waals surface area (Å²) in [6.45, 7) is 2.07. The van der Waals surface area contributed by atoms with Crippen LogP contribution in [0.1, 0.15) is 19.3 Å². The van der Waals surface area contributed by atoms with E-state index in [-0.39, 0.29) is 6.04 Å². The molecule has 2 heteroatoms. The van der Waals surface area contributed by atoms with E-state index in [0.717, 1.165) is 19.4 Å². The number of hydrogen-bond acceptors (Lipinski definition) is 2. The van der Waals surface area contributed by atoms with E-state index in [1.165, 1.54) is 12.8 Å². The van der Waals surface area contributed by atoms with E-state index in [9.17, 15) is 4.79 Å². The molecule has 1 fully saturated rings. The minimum atomic E-state index is -0.0255. The second-order valence-corrected chi connectivity index (χ2v) is 2.85. The first-order valence-electron chi connectivity index (χ1n) is 4.01. The Morgan fingerprint density at radius 2 is 2.18 bits per heavy atom. The Kier molecular flexibility index (Phi) is 3.13. The molecule has 1 heterocycles. The van der Waals surface area contributed by atoms with E-state index in [1.807, 2.05) is 0 Å². The Morgan fingerprint density at radius 1 is 1.55 bits per heavy atom. The van der Waals surface area contributed by atoms with Crippen molar-refractivity contribution in [2.24, 2.45) is 0 Å². The monoisotopic (exact) mass is 151 g/mol. The van der Waals surface area contributed by atoms with Gasteiger partial charge in [0.2, 0.25) is 0 Å². The van der Waals surface area contributed by atoms with E-state index < -0.39 is 0 Å². The van der Waals surface area contributed by atoms with E-state index in [0.29, 0.717) is 6.42 Å². The molecule has 0 aromatic rings. The molecule has 0 spiro atoms. The van der Waals surface area contributed by atoms with Crippen LogP contribution in [0.3, 0.4) is 0 Å². The standard InChI is InChI=1S/C9H13NO/c1-2-5-9(8-11)10-6-3-4-7-10/h1,8-9H,3-7H2. The van der Waals surface area contributed by atoms with Gasteiger partial charge in [-0.25, -0.2) is 0 Å². The van der Waals surface area contributed by atoms with Crippen LogP contribution in [0.4, 0.5) is 0 Å². The molecule has 11 heavy (non-hydrogen) atoms. The number of rotatable bonds is 3. The van der Waals surface area contributed by atoms with E-state index in [4.69, 9.17) is 6.42 Å². The first-order valence-corrected chi connectivity index (χ1v) is 4.01. The normalized spacial score (nSPS) is 21.0. The third-order valence-corrected chi connectivity index (χ3v) is 2.09. The predicted octanol–water partition coefficient (Wildman–Crippen LogP) is 0.673. The van der Waals surface area contributed by atoms with Gasteiger partial charge >= 0.3 is 0 Å². The van der Waals surface area contributed by atoms with Gasteiger partial charge in [0.1, 0.15) is 6.29 Å². The van der Waals surface area contributed by atoms with Crippen molar-refractivity contribution in [3.8, 4) is 12.3 Å². The minimum absolute atomic E-state index is 0.0255. The lowest BCUT2D eigenvalue weighted by Crippen LogP contribution is -2.33. The van der Waals surface area contributed by atoms with Crippen LogP contribution >= 0.6 is 0 Å². The maximum absolute atomic E-state index is 10.5. The average molecular weight is 151 g/mol. The van der Waals surface area contributed by atoms with E-state index >= 15 is 0 Å². The van der Waals surface area contributed by atoms with Crippen molar-refractivity contribution in [3.63, 3.8) is 0 Å². The summed E-state index contributed by atoms with van der Waals surface area (Å²) >= 11 is 0. The van der Waals surface area contributed by atoms with Crippen molar-refractivity contribution >= 4 is 6.29 Å². The van der Waals surface area contributed by atoms with Gasteiger partial charge in [0.25, 0.3) is 0 Å². The molecule has 0 saturated carbocycles. The number of likely N-dealkylation sites (tertiary alicyclic amines) is 1. The number of carbonyl (C=O) groups excluding carboxylic acids is 1. The first-order chi connectivity index (χ1) is 5.38. The predicted molar refractivity (Wildman–Crippen MR) is 44.1 cm³/mol. The molecule has 0 aliphatic carbocycles. The van der Waals surface area contributed by atoms with E-state index in [1.54, 1.807) is 0 Å². The Bertz CT molecular complexity index is 165. The molecule has 2 nitrogen and oxygen atoms in total. The molecule has 0 amide bonds. The van der Waals surface area contributed by atoms with Crippen molar-refractivity contribution in [2.75, 3.05) is 13.1 Å². The highest BCUT2D eigenvalue weighted by atomic mass is 16.1.